The molecule has 156 valence electrons. The maximum atomic E-state index is 11.8. The molecule has 0 aromatic carbocycles. The Hall–Kier alpha value is -0.990. The van der Waals surface area contributed by atoms with Gasteiger partial charge in [-0.3, -0.25) is 0 Å². The molecule has 3 N–H and O–H groups in total. The first-order chi connectivity index (χ1) is 12.7. The standard InChI is InChI=1S/C20H34O7/c1-6-25-20(24)11(3)10(2)7-15-18(23)17(22)14(9-26-15)8-16-19(27-16)12(4)13(5)21/h12-19,21-23H,6-9H2,1-5H3/b11-10+/t12-,13-,14-,15-,16-,17+,18-,19-/m0/s1. The molecule has 0 aromatic rings. The Morgan fingerprint density at radius 1 is 1.19 bits per heavy atom. The number of epoxide rings is 1. The van der Waals surface area contributed by atoms with Gasteiger partial charge < -0.3 is 29.5 Å². The van der Waals surface area contributed by atoms with E-state index >= 15 is 0 Å². The summed E-state index contributed by atoms with van der Waals surface area (Å²) in [6.45, 7) is 9.56. The Morgan fingerprint density at radius 2 is 1.85 bits per heavy atom. The highest BCUT2D eigenvalue weighted by Crippen LogP contribution is 2.38. The first-order valence-corrected chi connectivity index (χ1v) is 9.82. The number of carbonyl (C=O) groups excluding carboxylic acids is 1. The van der Waals surface area contributed by atoms with Gasteiger partial charge in [-0.15, -0.1) is 0 Å². The van der Waals surface area contributed by atoms with Crippen LogP contribution in [0.5, 0.6) is 0 Å². The molecule has 2 aliphatic rings. The van der Waals surface area contributed by atoms with Crippen molar-refractivity contribution in [2.24, 2.45) is 11.8 Å². The molecule has 8 atom stereocenters. The minimum Gasteiger partial charge on any atom is -0.463 e. The summed E-state index contributed by atoms with van der Waals surface area (Å²) >= 11 is 0. The summed E-state index contributed by atoms with van der Waals surface area (Å²) in [5.74, 6) is -0.557. The van der Waals surface area contributed by atoms with Crippen LogP contribution in [0.1, 0.15) is 47.5 Å². The lowest BCUT2D eigenvalue weighted by Crippen LogP contribution is -2.50. The van der Waals surface area contributed by atoms with Gasteiger partial charge in [0.05, 0.1) is 43.7 Å². The van der Waals surface area contributed by atoms with Crippen molar-refractivity contribution < 1.29 is 34.3 Å². The van der Waals surface area contributed by atoms with Crippen LogP contribution in [0.3, 0.4) is 0 Å². The third kappa shape index (κ3) is 5.51. The molecule has 2 heterocycles. The van der Waals surface area contributed by atoms with Gasteiger partial charge in [-0.1, -0.05) is 12.5 Å². The Balaban J connectivity index is 1.88. The molecule has 0 aromatic heterocycles. The molecule has 0 spiro atoms. The molecule has 2 saturated heterocycles. The molecule has 2 aliphatic heterocycles. The maximum absolute atomic E-state index is 11.8. The molecule has 2 rings (SSSR count). The summed E-state index contributed by atoms with van der Waals surface area (Å²) in [5, 5.41) is 30.7. The topological polar surface area (TPSA) is 109 Å². The molecule has 0 amide bonds. The van der Waals surface area contributed by atoms with Crippen molar-refractivity contribution in [2.75, 3.05) is 13.2 Å². The van der Waals surface area contributed by atoms with Crippen LogP contribution in [0.15, 0.2) is 11.1 Å². The van der Waals surface area contributed by atoms with Crippen molar-refractivity contribution in [1.82, 2.24) is 0 Å². The predicted molar refractivity (Wildman–Crippen MR) is 99.0 cm³/mol. The van der Waals surface area contributed by atoms with Crippen molar-refractivity contribution in [3.63, 3.8) is 0 Å². The Labute approximate surface area is 161 Å². The first-order valence-electron chi connectivity index (χ1n) is 9.82. The largest absolute Gasteiger partial charge is 0.463 e. The van der Waals surface area contributed by atoms with Crippen molar-refractivity contribution in [2.45, 2.75) is 84.1 Å². The highest BCUT2D eigenvalue weighted by atomic mass is 16.6. The number of carbonyl (C=O) groups is 1. The molecular formula is C20H34O7. The van der Waals surface area contributed by atoms with E-state index in [0.717, 1.165) is 5.57 Å². The van der Waals surface area contributed by atoms with Crippen molar-refractivity contribution in [1.29, 1.82) is 0 Å². The van der Waals surface area contributed by atoms with Gasteiger partial charge in [0.25, 0.3) is 0 Å². The molecule has 2 fully saturated rings. The molecule has 0 saturated carbocycles. The van der Waals surface area contributed by atoms with Crippen LogP contribution >= 0.6 is 0 Å². The normalized spacial score (nSPS) is 36.6. The Bertz CT molecular complexity index is 544. The van der Waals surface area contributed by atoms with Crippen LogP contribution in [-0.2, 0) is 19.0 Å². The summed E-state index contributed by atoms with van der Waals surface area (Å²) in [6.07, 6.45) is -2.03. The van der Waals surface area contributed by atoms with Gasteiger partial charge >= 0.3 is 5.97 Å². The van der Waals surface area contributed by atoms with Crippen LogP contribution < -0.4 is 0 Å². The van der Waals surface area contributed by atoms with E-state index in [2.05, 4.69) is 0 Å². The molecule has 0 aliphatic carbocycles. The van der Waals surface area contributed by atoms with E-state index in [1.54, 1.807) is 27.7 Å². The van der Waals surface area contributed by atoms with E-state index < -0.39 is 24.4 Å². The van der Waals surface area contributed by atoms with Crippen molar-refractivity contribution >= 4 is 5.97 Å². The number of aliphatic hydroxyl groups excluding tert-OH is 3. The summed E-state index contributed by atoms with van der Waals surface area (Å²) < 4.78 is 16.4. The van der Waals surface area contributed by atoms with Gasteiger partial charge in [-0.05, 0) is 40.5 Å². The highest BCUT2D eigenvalue weighted by Gasteiger charge is 2.48. The van der Waals surface area contributed by atoms with Gasteiger partial charge in [0, 0.05) is 17.4 Å². The summed E-state index contributed by atoms with van der Waals surface area (Å²) in [7, 11) is 0. The average molecular weight is 386 g/mol. The summed E-state index contributed by atoms with van der Waals surface area (Å²) in [5.41, 5.74) is 1.28. The number of rotatable bonds is 8. The van der Waals surface area contributed by atoms with E-state index in [-0.39, 0.29) is 30.0 Å². The maximum Gasteiger partial charge on any atom is 0.333 e. The highest BCUT2D eigenvalue weighted by molar-refractivity contribution is 5.88. The van der Waals surface area contributed by atoms with Gasteiger partial charge in [0.15, 0.2) is 0 Å². The van der Waals surface area contributed by atoms with Crippen LogP contribution in [-0.4, -0.2) is 71.1 Å². The smallest absolute Gasteiger partial charge is 0.333 e. The fraction of sp³-hybridized carbons (Fsp3) is 0.850. The summed E-state index contributed by atoms with van der Waals surface area (Å²) in [4.78, 5) is 11.8. The SMILES string of the molecule is CCOC(=O)/C(C)=C(\C)C[C@@H]1OC[C@H](C[C@@H]2O[C@H]2[C@@H](C)[C@H](C)O)[C@@H](O)[C@H]1O. The second-order valence-electron chi connectivity index (χ2n) is 7.92. The molecule has 7 nitrogen and oxygen atoms in total. The second kappa shape index (κ2) is 9.47. The third-order valence-electron chi connectivity index (χ3n) is 5.90. The Morgan fingerprint density at radius 3 is 2.44 bits per heavy atom. The van der Waals surface area contributed by atoms with E-state index in [4.69, 9.17) is 14.2 Å². The number of hydrogen-bond donors (Lipinski definition) is 3. The molecule has 0 bridgehead atoms. The minimum atomic E-state index is -1.03. The van der Waals surface area contributed by atoms with Crippen LogP contribution in [0.25, 0.3) is 0 Å². The minimum absolute atomic E-state index is 0.00975. The van der Waals surface area contributed by atoms with Crippen LogP contribution in [0, 0.1) is 11.8 Å². The van der Waals surface area contributed by atoms with Crippen LogP contribution in [0.2, 0.25) is 0 Å². The number of hydrogen-bond acceptors (Lipinski definition) is 7. The number of aliphatic hydroxyl groups is 3. The molecular weight excluding hydrogens is 352 g/mol. The summed E-state index contributed by atoms with van der Waals surface area (Å²) in [6, 6.07) is 0. The molecule has 7 heteroatoms. The fourth-order valence-electron chi connectivity index (χ4n) is 3.58. The van der Waals surface area contributed by atoms with Crippen molar-refractivity contribution in [3.05, 3.63) is 11.1 Å². The van der Waals surface area contributed by atoms with Gasteiger partial charge in [-0.2, -0.15) is 0 Å². The van der Waals surface area contributed by atoms with Gasteiger partial charge in [0.2, 0.25) is 0 Å². The number of esters is 1. The van der Waals surface area contributed by atoms with Crippen molar-refractivity contribution in [3.8, 4) is 0 Å². The first kappa shape index (κ1) is 22.3. The zero-order chi connectivity index (χ0) is 20.3. The Kier molecular flexibility index (Phi) is 7.83. The number of ether oxygens (including phenoxy) is 3. The molecule has 0 unspecified atom stereocenters. The monoisotopic (exact) mass is 386 g/mol. The quantitative estimate of drug-likeness (QED) is 0.327. The second-order valence-corrected chi connectivity index (χ2v) is 7.92. The molecule has 0 radical (unpaired) electrons. The van der Waals surface area contributed by atoms with Gasteiger partial charge in [0.1, 0.15) is 6.10 Å². The predicted octanol–water partition coefficient (Wildman–Crippen LogP) is 1.19. The van der Waals surface area contributed by atoms with E-state index in [0.29, 0.717) is 31.6 Å². The van der Waals surface area contributed by atoms with E-state index in [9.17, 15) is 20.1 Å². The van der Waals surface area contributed by atoms with Crippen LogP contribution in [0.4, 0.5) is 0 Å². The lowest BCUT2D eigenvalue weighted by molar-refractivity contribution is -0.165. The zero-order valence-corrected chi connectivity index (χ0v) is 16.9. The molecule has 27 heavy (non-hydrogen) atoms. The average Bonchev–Trinajstić information content (AvgIpc) is 3.39. The lowest BCUT2D eigenvalue weighted by Gasteiger charge is -2.38. The fourth-order valence-corrected chi connectivity index (χ4v) is 3.58. The van der Waals surface area contributed by atoms with E-state index in [1.807, 2.05) is 6.92 Å². The third-order valence-corrected chi connectivity index (χ3v) is 5.90. The van der Waals surface area contributed by atoms with Gasteiger partial charge in [-0.25, -0.2) is 4.79 Å². The lowest BCUT2D eigenvalue weighted by atomic mass is 9.85. The van der Waals surface area contributed by atoms with E-state index in [1.165, 1.54) is 0 Å². The zero-order valence-electron chi connectivity index (χ0n) is 16.9.